The van der Waals surface area contributed by atoms with E-state index in [0.29, 0.717) is 89.7 Å². The Morgan fingerprint density at radius 2 is 1.12 bits per heavy atom. The average Bonchev–Trinajstić information content (AvgIpc) is 3.33. The molecule has 6 rings (SSSR count). The van der Waals surface area contributed by atoms with Gasteiger partial charge >= 0.3 is 5.97 Å². The van der Waals surface area contributed by atoms with E-state index in [-0.39, 0.29) is 55.5 Å². The molecule has 4 heterocycles. The Hall–Kier alpha value is -7.14. The first-order valence-electron chi connectivity index (χ1n) is 21.4. The highest BCUT2D eigenvalue weighted by Crippen LogP contribution is 2.35. The van der Waals surface area contributed by atoms with Gasteiger partial charge in [0.2, 0.25) is 23.5 Å². The second-order valence-electron chi connectivity index (χ2n) is 15.4. The van der Waals surface area contributed by atoms with E-state index in [4.69, 9.17) is 47.3 Å². The highest BCUT2D eigenvalue weighted by molar-refractivity contribution is 6.32. The van der Waals surface area contributed by atoms with Gasteiger partial charge in [-0.2, -0.15) is 20.5 Å². The number of benzene rings is 2. The molecule has 0 aliphatic carbocycles. The maximum Gasteiger partial charge on any atom is 0.303 e. The predicted octanol–water partition coefficient (Wildman–Crippen LogP) is 8.94. The quantitative estimate of drug-likeness (QED) is 0.0361. The lowest BCUT2D eigenvalue weighted by molar-refractivity contribution is -0.137. The van der Waals surface area contributed by atoms with E-state index in [9.17, 15) is 20.1 Å². The molecule has 0 aliphatic rings. The normalized spacial score (nSPS) is 10.8. The number of nitrogens with zero attached hydrogens (tertiary/aromatic N) is 6. The molecule has 0 radical (unpaired) electrons. The molecule has 15 nitrogen and oxygen atoms in total. The molecule has 0 bridgehead atoms. The lowest BCUT2D eigenvalue weighted by Crippen LogP contribution is -2.17. The number of aromatic nitrogens is 4. The summed E-state index contributed by atoms with van der Waals surface area (Å²) in [5.41, 5.74) is 9.31. The van der Waals surface area contributed by atoms with Crippen molar-refractivity contribution in [2.75, 3.05) is 13.1 Å². The van der Waals surface area contributed by atoms with Crippen LogP contribution in [0.5, 0.6) is 23.5 Å². The van der Waals surface area contributed by atoms with E-state index >= 15 is 0 Å². The predicted molar refractivity (Wildman–Crippen MR) is 251 cm³/mol. The summed E-state index contributed by atoms with van der Waals surface area (Å²) in [5, 5.41) is 34.8. The van der Waals surface area contributed by atoms with Gasteiger partial charge in [-0.25, -0.2) is 0 Å². The third-order valence-electron chi connectivity index (χ3n) is 10.5. The monoisotopic (exact) mass is 942 g/mol. The third kappa shape index (κ3) is 14.2. The van der Waals surface area contributed by atoms with Gasteiger partial charge < -0.3 is 39.5 Å². The first kappa shape index (κ1) is 49.3. The first-order chi connectivity index (χ1) is 32.6. The number of nitriles is 2. The number of unbranched alkanes of at least 4 members (excludes halogenated alkanes) is 1. The number of nitrogens with one attached hydrogen (secondary N) is 2. The minimum atomic E-state index is -0.867. The molecule has 0 fully saturated rings. The molecular formula is C50H48Cl2N8O7. The molecule has 0 aliphatic heterocycles. The Balaban J connectivity index is 1.17. The molecule has 4 aromatic heterocycles. The summed E-state index contributed by atoms with van der Waals surface area (Å²) in [6.07, 6.45) is 8.69. The van der Waals surface area contributed by atoms with Crippen LogP contribution in [0, 0.1) is 36.5 Å². The van der Waals surface area contributed by atoms with E-state index in [1.54, 1.807) is 36.7 Å². The van der Waals surface area contributed by atoms with Crippen molar-refractivity contribution in [3.8, 4) is 46.8 Å². The molecule has 67 heavy (non-hydrogen) atoms. The fourth-order valence-electron chi connectivity index (χ4n) is 6.93. The van der Waals surface area contributed by atoms with Crippen LogP contribution < -0.4 is 29.6 Å². The fraction of sp³-hybridized carbons (Fsp3) is 0.280. The van der Waals surface area contributed by atoms with Crippen molar-refractivity contribution < 1.29 is 33.6 Å². The summed E-state index contributed by atoms with van der Waals surface area (Å²) < 4.78 is 24.8. The van der Waals surface area contributed by atoms with Crippen molar-refractivity contribution in [2.45, 2.75) is 79.0 Å². The van der Waals surface area contributed by atoms with Crippen LogP contribution in [0.25, 0.3) is 11.1 Å². The van der Waals surface area contributed by atoms with Crippen LogP contribution in [0.3, 0.4) is 0 Å². The average molecular weight is 944 g/mol. The summed E-state index contributed by atoms with van der Waals surface area (Å²) in [6.45, 7) is 6.34. The largest absolute Gasteiger partial charge is 0.481 e. The number of carboxylic acids is 1. The van der Waals surface area contributed by atoms with Crippen molar-refractivity contribution >= 4 is 35.5 Å². The number of hydrogen-bond donors (Lipinski definition) is 3. The van der Waals surface area contributed by atoms with Gasteiger partial charge in [0.05, 0.1) is 11.1 Å². The number of hydrogen-bond acceptors (Lipinski definition) is 14. The molecule has 3 N–H and O–H groups in total. The smallest absolute Gasteiger partial charge is 0.303 e. The van der Waals surface area contributed by atoms with Crippen molar-refractivity contribution in [3.05, 3.63) is 151 Å². The molecule has 0 spiro atoms. The van der Waals surface area contributed by atoms with E-state index in [0.717, 1.165) is 39.7 Å². The van der Waals surface area contributed by atoms with Crippen LogP contribution in [-0.4, -0.2) is 50.4 Å². The van der Waals surface area contributed by atoms with Gasteiger partial charge in [0.1, 0.15) is 54.9 Å². The molecule has 2 aromatic carbocycles. The second kappa shape index (κ2) is 25.0. The number of pyridine rings is 4. The highest BCUT2D eigenvalue weighted by Gasteiger charge is 2.18. The maximum absolute atomic E-state index is 11.0. The molecule has 0 saturated carbocycles. The van der Waals surface area contributed by atoms with Gasteiger partial charge in [0.25, 0.3) is 0 Å². The highest BCUT2D eigenvalue weighted by atomic mass is 35.5. The molecule has 0 atom stereocenters. The van der Waals surface area contributed by atoms with E-state index in [1.807, 2.05) is 50.2 Å². The SMILES string of the molecule is Cc1c(COc2nc(OCc3cncc(C#N)c3)c(CNCCCC=O)cc2Cl)cccc1-c1cccc(COc2nc(OCc3cncc(C#N)c3)c(CNCCCC(=O)O)cc2Cl)c1C. The first-order valence-corrected chi connectivity index (χ1v) is 22.1. The standard InChI is InChI=1S/C50H48Cl2N8O7/c1-32-38(30-66-49-44(51)18-40(26-55-13-3-4-15-61)47(59-49)64-28-36-16-34(20-53)22-57-24-36)8-5-10-42(32)43-11-6-9-39(33(43)2)31-67-50-45(52)19-41(27-56-14-7-12-46(62)63)48(60-50)65-29-37-17-35(21-54)23-58-25-37/h5-6,8-11,15-19,22-25,55-56H,3-4,7,12-14,26-31H2,1-2H3,(H,62,63). The maximum atomic E-state index is 11.0. The summed E-state index contributed by atoms with van der Waals surface area (Å²) >= 11 is 13.5. The minimum absolute atomic E-state index is 0.0392. The molecule has 0 amide bonds. The number of carboxylic acid groups (broad SMARTS) is 1. The topological polar surface area (TPSA) is 214 Å². The Kier molecular flexibility index (Phi) is 18.4. The third-order valence-corrected chi connectivity index (χ3v) is 11.1. The summed E-state index contributed by atoms with van der Waals surface area (Å²) in [6, 6.07) is 23.0. The zero-order valence-electron chi connectivity index (χ0n) is 37.0. The van der Waals surface area contributed by atoms with Crippen molar-refractivity contribution in [1.29, 1.82) is 10.5 Å². The molecule has 0 unspecified atom stereocenters. The summed E-state index contributed by atoms with van der Waals surface area (Å²) in [4.78, 5) is 39.4. The molecular weight excluding hydrogens is 896 g/mol. The van der Waals surface area contributed by atoms with Crippen molar-refractivity contribution in [2.24, 2.45) is 0 Å². The van der Waals surface area contributed by atoms with Gasteiger partial charge in [0.15, 0.2) is 0 Å². The van der Waals surface area contributed by atoms with Crippen LogP contribution >= 0.6 is 23.2 Å². The fourth-order valence-corrected chi connectivity index (χ4v) is 7.39. The van der Waals surface area contributed by atoms with Gasteiger partial charge in [-0.05, 0) is 97.4 Å². The van der Waals surface area contributed by atoms with Gasteiger partial charge in [-0.3, -0.25) is 14.8 Å². The van der Waals surface area contributed by atoms with E-state index < -0.39 is 5.97 Å². The number of ether oxygens (including phenoxy) is 4. The van der Waals surface area contributed by atoms with Crippen LogP contribution in [0.1, 0.15) is 81.3 Å². The Bertz CT molecular complexity index is 2780. The lowest BCUT2D eigenvalue weighted by atomic mass is 9.92. The van der Waals surface area contributed by atoms with Crippen LogP contribution in [-0.2, 0) is 49.1 Å². The van der Waals surface area contributed by atoms with E-state index in [2.05, 4.69) is 42.7 Å². The molecule has 0 saturated heterocycles. The van der Waals surface area contributed by atoms with Crippen LogP contribution in [0.2, 0.25) is 10.0 Å². The van der Waals surface area contributed by atoms with Crippen LogP contribution in [0.15, 0.2) is 85.5 Å². The molecule has 17 heteroatoms. The Morgan fingerprint density at radius 3 is 1.57 bits per heavy atom. The Labute approximate surface area is 398 Å². The Morgan fingerprint density at radius 1 is 0.657 bits per heavy atom. The number of aldehydes is 1. The molecule has 6 aromatic rings. The number of rotatable bonds is 25. The summed E-state index contributed by atoms with van der Waals surface area (Å²) in [7, 11) is 0. The second-order valence-corrected chi connectivity index (χ2v) is 16.2. The lowest BCUT2D eigenvalue weighted by Gasteiger charge is -2.18. The zero-order valence-corrected chi connectivity index (χ0v) is 38.5. The number of carbonyl (C=O) groups excluding carboxylic acids is 1. The van der Waals surface area contributed by atoms with Crippen molar-refractivity contribution in [3.63, 3.8) is 0 Å². The number of carbonyl (C=O) groups is 2. The molecule has 344 valence electrons. The van der Waals surface area contributed by atoms with Gasteiger partial charge in [-0.1, -0.05) is 59.6 Å². The van der Waals surface area contributed by atoms with Gasteiger partial charge in [-0.15, -0.1) is 0 Å². The van der Waals surface area contributed by atoms with Crippen molar-refractivity contribution in [1.82, 2.24) is 30.6 Å². The van der Waals surface area contributed by atoms with Crippen LogP contribution in [0.4, 0.5) is 0 Å². The van der Waals surface area contributed by atoms with E-state index in [1.165, 1.54) is 12.4 Å². The zero-order chi connectivity index (χ0) is 47.5. The number of halogens is 2. The number of aliphatic carboxylic acids is 1. The minimum Gasteiger partial charge on any atom is -0.481 e. The summed E-state index contributed by atoms with van der Waals surface area (Å²) in [5.74, 6) is 0.0658. The van der Waals surface area contributed by atoms with Gasteiger partial charge in [0, 0.05) is 73.0 Å².